The molecular weight excluding hydrogens is 253 g/mol. The molecule has 0 N–H and O–H groups in total. The SMILES string of the molecule is Fc1cccc(Cc2nc3c(Cl)cccn3n2)c1. The molecule has 2 heterocycles. The lowest BCUT2D eigenvalue weighted by Gasteiger charge is -1.96. The molecule has 0 aliphatic heterocycles. The highest BCUT2D eigenvalue weighted by Gasteiger charge is 2.07. The van der Waals surface area contributed by atoms with Crippen molar-refractivity contribution in [1.82, 2.24) is 14.6 Å². The van der Waals surface area contributed by atoms with Gasteiger partial charge in [0.05, 0.1) is 5.02 Å². The molecule has 0 saturated heterocycles. The van der Waals surface area contributed by atoms with Gasteiger partial charge in [0, 0.05) is 12.6 Å². The second-order valence-electron chi connectivity index (χ2n) is 3.96. The third-order valence-electron chi connectivity index (χ3n) is 2.61. The van der Waals surface area contributed by atoms with E-state index in [2.05, 4.69) is 10.1 Å². The lowest BCUT2D eigenvalue weighted by molar-refractivity contribution is 0.625. The summed E-state index contributed by atoms with van der Waals surface area (Å²) < 4.78 is 14.7. The Morgan fingerprint density at radius 2 is 2.11 bits per heavy atom. The first-order chi connectivity index (χ1) is 8.72. The number of pyridine rings is 1. The van der Waals surface area contributed by atoms with Crippen LogP contribution in [0.3, 0.4) is 0 Å². The van der Waals surface area contributed by atoms with Crippen LogP contribution in [0.2, 0.25) is 5.02 Å². The first kappa shape index (κ1) is 11.2. The fourth-order valence-electron chi connectivity index (χ4n) is 1.82. The third-order valence-corrected chi connectivity index (χ3v) is 2.90. The molecule has 0 fully saturated rings. The zero-order valence-corrected chi connectivity index (χ0v) is 10.1. The van der Waals surface area contributed by atoms with Gasteiger partial charge in [-0.3, -0.25) is 0 Å². The molecule has 18 heavy (non-hydrogen) atoms. The molecule has 3 rings (SSSR count). The summed E-state index contributed by atoms with van der Waals surface area (Å²) in [5.41, 5.74) is 1.45. The van der Waals surface area contributed by atoms with Gasteiger partial charge in [0.1, 0.15) is 5.82 Å². The Morgan fingerprint density at radius 3 is 2.89 bits per heavy atom. The number of aromatic nitrogens is 3. The van der Waals surface area contributed by atoms with Gasteiger partial charge in [0.25, 0.3) is 0 Å². The summed E-state index contributed by atoms with van der Waals surface area (Å²) in [6.07, 6.45) is 2.26. The van der Waals surface area contributed by atoms with E-state index in [0.29, 0.717) is 22.9 Å². The van der Waals surface area contributed by atoms with Crippen molar-refractivity contribution < 1.29 is 4.39 Å². The van der Waals surface area contributed by atoms with Crippen LogP contribution in [0.1, 0.15) is 11.4 Å². The minimum absolute atomic E-state index is 0.255. The highest BCUT2D eigenvalue weighted by Crippen LogP contribution is 2.16. The molecule has 90 valence electrons. The van der Waals surface area contributed by atoms with Gasteiger partial charge in [0.2, 0.25) is 0 Å². The average Bonchev–Trinajstić information content (AvgIpc) is 2.73. The lowest BCUT2D eigenvalue weighted by atomic mass is 10.1. The highest BCUT2D eigenvalue weighted by atomic mass is 35.5. The van der Waals surface area contributed by atoms with Crippen LogP contribution in [0.4, 0.5) is 4.39 Å². The van der Waals surface area contributed by atoms with Crippen LogP contribution in [0, 0.1) is 5.82 Å². The molecule has 2 aromatic heterocycles. The van der Waals surface area contributed by atoms with Crippen LogP contribution >= 0.6 is 11.6 Å². The molecule has 5 heteroatoms. The van der Waals surface area contributed by atoms with E-state index in [4.69, 9.17) is 11.6 Å². The Hall–Kier alpha value is -1.94. The number of rotatable bonds is 2. The largest absolute Gasteiger partial charge is 0.219 e. The number of hydrogen-bond donors (Lipinski definition) is 0. The maximum absolute atomic E-state index is 13.1. The highest BCUT2D eigenvalue weighted by molar-refractivity contribution is 6.33. The van der Waals surface area contributed by atoms with E-state index in [9.17, 15) is 4.39 Å². The molecular formula is C13H9ClFN3. The zero-order chi connectivity index (χ0) is 12.5. The predicted octanol–water partition coefficient (Wildman–Crippen LogP) is 3.11. The van der Waals surface area contributed by atoms with Crippen molar-refractivity contribution in [3.05, 3.63) is 64.8 Å². The molecule has 0 radical (unpaired) electrons. The van der Waals surface area contributed by atoms with Gasteiger partial charge in [-0.25, -0.2) is 13.9 Å². The van der Waals surface area contributed by atoms with Crippen molar-refractivity contribution in [3.8, 4) is 0 Å². The van der Waals surface area contributed by atoms with E-state index in [-0.39, 0.29) is 5.82 Å². The maximum atomic E-state index is 13.1. The van der Waals surface area contributed by atoms with Crippen LogP contribution < -0.4 is 0 Å². The van der Waals surface area contributed by atoms with Crippen LogP contribution in [-0.2, 0) is 6.42 Å². The topological polar surface area (TPSA) is 30.2 Å². The number of hydrogen-bond acceptors (Lipinski definition) is 2. The smallest absolute Gasteiger partial charge is 0.174 e. The summed E-state index contributed by atoms with van der Waals surface area (Å²) in [6.45, 7) is 0. The van der Waals surface area contributed by atoms with Gasteiger partial charge in [-0.05, 0) is 29.8 Å². The molecule has 0 bridgehead atoms. The van der Waals surface area contributed by atoms with Crippen LogP contribution in [0.5, 0.6) is 0 Å². The van der Waals surface area contributed by atoms with E-state index < -0.39 is 0 Å². The Kier molecular flexibility index (Phi) is 2.72. The quantitative estimate of drug-likeness (QED) is 0.710. The maximum Gasteiger partial charge on any atom is 0.174 e. The van der Waals surface area contributed by atoms with Gasteiger partial charge in [-0.1, -0.05) is 23.7 Å². The summed E-state index contributed by atoms with van der Waals surface area (Å²) in [6, 6.07) is 9.97. The first-order valence-corrected chi connectivity index (χ1v) is 5.84. The molecule has 0 unspecified atom stereocenters. The number of benzene rings is 1. The standard InChI is InChI=1S/C13H9ClFN3/c14-11-5-2-6-18-13(11)16-12(17-18)8-9-3-1-4-10(15)7-9/h1-7H,8H2. The number of halogens is 2. The van der Waals surface area contributed by atoms with E-state index in [1.807, 2.05) is 6.07 Å². The summed E-state index contributed by atoms with van der Waals surface area (Å²) >= 11 is 6.02. The van der Waals surface area contributed by atoms with Gasteiger partial charge >= 0.3 is 0 Å². The Morgan fingerprint density at radius 1 is 1.22 bits per heavy atom. The van der Waals surface area contributed by atoms with Crippen molar-refractivity contribution >= 4 is 17.2 Å². The van der Waals surface area contributed by atoms with Crippen molar-refractivity contribution in [1.29, 1.82) is 0 Å². The van der Waals surface area contributed by atoms with E-state index in [1.165, 1.54) is 12.1 Å². The number of fused-ring (bicyclic) bond motifs is 1. The summed E-state index contributed by atoms with van der Waals surface area (Å²) in [5, 5.41) is 4.85. The second-order valence-corrected chi connectivity index (χ2v) is 4.37. The Labute approximate surface area is 108 Å². The second kappa shape index (κ2) is 4.38. The van der Waals surface area contributed by atoms with E-state index >= 15 is 0 Å². The summed E-state index contributed by atoms with van der Waals surface area (Å²) in [5.74, 6) is 0.364. The normalized spacial score (nSPS) is 11.0. The Balaban J connectivity index is 1.98. The fourth-order valence-corrected chi connectivity index (χ4v) is 2.02. The molecule has 0 saturated carbocycles. The molecule has 1 aromatic carbocycles. The minimum Gasteiger partial charge on any atom is -0.219 e. The monoisotopic (exact) mass is 261 g/mol. The zero-order valence-electron chi connectivity index (χ0n) is 9.35. The van der Waals surface area contributed by atoms with E-state index in [1.54, 1.807) is 28.9 Å². The van der Waals surface area contributed by atoms with Gasteiger partial charge < -0.3 is 0 Å². The molecule has 3 aromatic rings. The van der Waals surface area contributed by atoms with Crippen molar-refractivity contribution in [2.75, 3.05) is 0 Å². The van der Waals surface area contributed by atoms with Crippen LogP contribution in [-0.4, -0.2) is 14.6 Å². The van der Waals surface area contributed by atoms with Crippen molar-refractivity contribution in [2.45, 2.75) is 6.42 Å². The minimum atomic E-state index is -0.255. The fraction of sp³-hybridized carbons (Fsp3) is 0.0769. The van der Waals surface area contributed by atoms with Crippen molar-refractivity contribution in [3.63, 3.8) is 0 Å². The lowest BCUT2D eigenvalue weighted by Crippen LogP contribution is -1.92. The number of nitrogens with zero attached hydrogens (tertiary/aromatic N) is 3. The average molecular weight is 262 g/mol. The summed E-state index contributed by atoms with van der Waals surface area (Å²) in [4.78, 5) is 4.33. The Bertz CT molecular complexity index is 708. The third kappa shape index (κ3) is 2.07. The van der Waals surface area contributed by atoms with Crippen LogP contribution in [0.15, 0.2) is 42.6 Å². The van der Waals surface area contributed by atoms with Crippen LogP contribution in [0.25, 0.3) is 5.65 Å². The molecule has 0 atom stereocenters. The first-order valence-electron chi connectivity index (χ1n) is 5.46. The predicted molar refractivity (Wildman–Crippen MR) is 67.2 cm³/mol. The van der Waals surface area contributed by atoms with Gasteiger partial charge in [-0.15, -0.1) is 0 Å². The molecule has 0 aliphatic carbocycles. The van der Waals surface area contributed by atoms with Gasteiger partial charge in [0.15, 0.2) is 11.5 Å². The molecule has 0 amide bonds. The van der Waals surface area contributed by atoms with Gasteiger partial charge in [-0.2, -0.15) is 5.10 Å². The molecule has 3 nitrogen and oxygen atoms in total. The van der Waals surface area contributed by atoms with Crippen molar-refractivity contribution in [2.24, 2.45) is 0 Å². The molecule has 0 aliphatic rings. The molecule has 0 spiro atoms. The van der Waals surface area contributed by atoms with E-state index in [0.717, 1.165) is 5.56 Å². The summed E-state index contributed by atoms with van der Waals surface area (Å²) in [7, 11) is 0.